The van der Waals surface area contributed by atoms with Gasteiger partial charge in [-0.3, -0.25) is 0 Å². The van der Waals surface area contributed by atoms with E-state index in [0.29, 0.717) is 5.75 Å². The molecule has 0 spiro atoms. The third kappa shape index (κ3) is 5.81. The molecule has 0 saturated carbocycles. The molecule has 0 radical (unpaired) electrons. The number of hydrogen-bond donors (Lipinski definition) is 0. The quantitative estimate of drug-likeness (QED) is 0.264. The summed E-state index contributed by atoms with van der Waals surface area (Å²) in [7, 11) is -4.71. The maximum atomic E-state index is 10.2. The van der Waals surface area contributed by atoms with Gasteiger partial charge in [0.05, 0.1) is 6.26 Å². The molecule has 0 aliphatic rings. The Morgan fingerprint density at radius 2 is 1.67 bits per heavy atom. The van der Waals surface area contributed by atoms with Crippen LogP contribution >= 0.6 is 0 Å². The molecule has 0 unspecified atom stereocenters. The van der Waals surface area contributed by atoms with Crippen LogP contribution in [0.4, 0.5) is 0 Å². The zero-order chi connectivity index (χ0) is 10.6. The molecule has 0 fully saturated rings. The van der Waals surface area contributed by atoms with Crippen LogP contribution in [0.15, 0.2) is 37.1 Å². The second kappa shape index (κ2) is 6.14. The van der Waals surface area contributed by atoms with Gasteiger partial charge in [-0.25, -0.2) is 8.42 Å². The Bertz CT molecular complexity index is 411. The van der Waals surface area contributed by atoms with E-state index in [-0.39, 0.29) is 35.3 Å². The fourth-order valence-electron chi connectivity index (χ4n) is 0.788. The van der Waals surface area contributed by atoms with E-state index in [2.05, 4.69) is 10.8 Å². The summed E-state index contributed by atoms with van der Waals surface area (Å²) in [4.78, 5) is 0. The summed E-state index contributed by atoms with van der Waals surface area (Å²) in [5.41, 5.74) is 0. The standard InChI is InChI=1S/C8H8O5S.Na/c1-2-12-7-3-5-8(6-4-7)13-14(9,10)11;/h2-6H,1H2,(H,9,10,11);/q;+1/p-1. The van der Waals surface area contributed by atoms with Gasteiger partial charge in [0.1, 0.15) is 11.5 Å². The smallest absolute Gasteiger partial charge is 0.716 e. The van der Waals surface area contributed by atoms with Crippen LogP contribution in [0.2, 0.25) is 0 Å². The van der Waals surface area contributed by atoms with E-state index in [0.717, 1.165) is 0 Å². The van der Waals surface area contributed by atoms with Crippen LogP contribution in [0.1, 0.15) is 0 Å². The predicted molar refractivity (Wildman–Crippen MR) is 47.6 cm³/mol. The fraction of sp³-hybridized carbons (Fsp3) is 0. The third-order valence-corrected chi connectivity index (χ3v) is 1.64. The van der Waals surface area contributed by atoms with Crippen molar-refractivity contribution in [2.24, 2.45) is 0 Å². The summed E-state index contributed by atoms with van der Waals surface area (Å²) in [6.07, 6.45) is 1.22. The van der Waals surface area contributed by atoms with Gasteiger partial charge in [0.15, 0.2) is 0 Å². The molecule has 0 aliphatic carbocycles. The minimum absolute atomic E-state index is 0. The molecule has 1 rings (SSSR count). The largest absolute Gasteiger partial charge is 1.00 e. The Morgan fingerprint density at radius 3 is 2.07 bits per heavy atom. The molecule has 0 bridgehead atoms. The van der Waals surface area contributed by atoms with Gasteiger partial charge in [0.25, 0.3) is 10.4 Å². The van der Waals surface area contributed by atoms with E-state index < -0.39 is 10.4 Å². The molecular weight excluding hydrogens is 231 g/mol. The first-order valence-electron chi connectivity index (χ1n) is 3.54. The first kappa shape index (κ1) is 14.5. The summed E-state index contributed by atoms with van der Waals surface area (Å²) in [5.74, 6) is 0.409. The molecule has 0 aromatic heterocycles. The molecule has 1 aromatic carbocycles. The Kier molecular flexibility index (Phi) is 5.92. The van der Waals surface area contributed by atoms with E-state index in [4.69, 9.17) is 4.74 Å². The zero-order valence-electron chi connectivity index (χ0n) is 8.04. The average molecular weight is 238 g/mol. The SMILES string of the molecule is C=COc1ccc(OS(=O)(=O)[O-])cc1.[Na+]. The molecular formula is C8H7NaO5S. The van der Waals surface area contributed by atoms with Crippen LogP contribution < -0.4 is 38.5 Å². The Morgan fingerprint density at radius 1 is 1.20 bits per heavy atom. The summed E-state index contributed by atoms with van der Waals surface area (Å²) < 4.78 is 39.5. The van der Waals surface area contributed by atoms with E-state index in [9.17, 15) is 13.0 Å². The Balaban J connectivity index is 0.00000196. The molecule has 0 amide bonds. The Labute approximate surface area is 110 Å². The van der Waals surface area contributed by atoms with Crippen molar-refractivity contribution >= 4 is 10.4 Å². The van der Waals surface area contributed by atoms with Crippen molar-refractivity contribution < 1.29 is 51.4 Å². The van der Waals surface area contributed by atoms with E-state index >= 15 is 0 Å². The summed E-state index contributed by atoms with van der Waals surface area (Å²) in [5, 5.41) is 0. The van der Waals surface area contributed by atoms with Crippen molar-refractivity contribution in [1.82, 2.24) is 0 Å². The zero-order valence-corrected chi connectivity index (χ0v) is 10.9. The Hall–Kier alpha value is -0.530. The number of hydrogen-bond acceptors (Lipinski definition) is 5. The summed E-state index contributed by atoms with van der Waals surface area (Å²) in [6, 6.07) is 5.49. The predicted octanol–water partition coefficient (Wildman–Crippen LogP) is -1.95. The molecule has 0 atom stereocenters. The van der Waals surface area contributed by atoms with Gasteiger partial charge < -0.3 is 13.5 Å². The number of ether oxygens (including phenoxy) is 1. The summed E-state index contributed by atoms with van der Waals surface area (Å²) in [6.45, 7) is 3.34. The molecule has 76 valence electrons. The van der Waals surface area contributed by atoms with Crippen molar-refractivity contribution in [1.29, 1.82) is 0 Å². The first-order chi connectivity index (χ1) is 6.51. The van der Waals surface area contributed by atoms with Crippen LogP contribution in [0.5, 0.6) is 11.5 Å². The van der Waals surface area contributed by atoms with Gasteiger partial charge in [-0.05, 0) is 24.3 Å². The van der Waals surface area contributed by atoms with E-state index in [1.54, 1.807) is 0 Å². The number of benzene rings is 1. The van der Waals surface area contributed by atoms with Gasteiger partial charge in [-0.2, -0.15) is 0 Å². The number of rotatable bonds is 4. The van der Waals surface area contributed by atoms with Gasteiger partial charge in [0.2, 0.25) is 0 Å². The second-order valence-corrected chi connectivity index (χ2v) is 3.23. The van der Waals surface area contributed by atoms with E-state index in [1.165, 1.54) is 30.5 Å². The van der Waals surface area contributed by atoms with Crippen molar-refractivity contribution in [3.8, 4) is 11.5 Å². The van der Waals surface area contributed by atoms with Crippen molar-refractivity contribution in [2.75, 3.05) is 0 Å². The maximum Gasteiger partial charge on any atom is 1.00 e. The van der Waals surface area contributed by atoms with Crippen LogP contribution in [-0.4, -0.2) is 13.0 Å². The van der Waals surface area contributed by atoms with Crippen molar-refractivity contribution in [3.05, 3.63) is 37.1 Å². The van der Waals surface area contributed by atoms with Crippen LogP contribution in [0.3, 0.4) is 0 Å². The van der Waals surface area contributed by atoms with Crippen molar-refractivity contribution in [3.63, 3.8) is 0 Å². The first-order valence-corrected chi connectivity index (χ1v) is 4.87. The molecule has 0 saturated heterocycles. The summed E-state index contributed by atoms with van der Waals surface area (Å²) >= 11 is 0. The van der Waals surface area contributed by atoms with Crippen molar-refractivity contribution in [2.45, 2.75) is 0 Å². The molecule has 15 heavy (non-hydrogen) atoms. The van der Waals surface area contributed by atoms with Gasteiger partial charge in [-0.15, -0.1) is 0 Å². The van der Waals surface area contributed by atoms with Gasteiger partial charge >= 0.3 is 29.6 Å². The second-order valence-electron chi connectivity index (χ2n) is 2.25. The molecule has 7 heteroatoms. The molecule has 5 nitrogen and oxygen atoms in total. The molecule has 0 heterocycles. The molecule has 1 aromatic rings. The fourth-order valence-corrected chi connectivity index (χ4v) is 1.13. The van der Waals surface area contributed by atoms with Crippen LogP contribution in [0, 0.1) is 0 Å². The minimum atomic E-state index is -4.71. The van der Waals surface area contributed by atoms with Gasteiger partial charge in [0, 0.05) is 0 Å². The average Bonchev–Trinajstić information content (AvgIpc) is 2.06. The minimum Gasteiger partial charge on any atom is -0.716 e. The van der Waals surface area contributed by atoms with Crippen LogP contribution in [0.25, 0.3) is 0 Å². The van der Waals surface area contributed by atoms with Gasteiger partial charge in [-0.1, -0.05) is 6.58 Å². The maximum absolute atomic E-state index is 10.2. The third-order valence-electron chi connectivity index (χ3n) is 1.24. The normalized spacial score (nSPS) is 9.93. The van der Waals surface area contributed by atoms with Crippen LogP contribution in [-0.2, 0) is 10.4 Å². The molecule has 0 aliphatic heterocycles. The monoisotopic (exact) mass is 238 g/mol. The van der Waals surface area contributed by atoms with E-state index in [1.807, 2.05) is 0 Å². The topological polar surface area (TPSA) is 75.7 Å². The molecule has 0 N–H and O–H groups in total.